The molecule has 3 aromatic carbocycles. The number of aromatic nitrogens is 2. The van der Waals surface area contributed by atoms with E-state index in [0.29, 0.717) is 16.9 Å². The first kappa shape index (κ1) is 21.9. The monoisotopic (exact) mass is 630 g/mol. The van der Waals surface area contributed by atoms with E-state index in [2.05, 4.69) is 32.4 Å². The zero-order valence-electron chi connectivity index (χ0n) is 15.9. The number of nitrogen functional groups attached to an aromatic ring is 1. The molecule has 1 amide bonds. The van der Waals surface area contributed by atoms with Gasteiger partial charge in [-0.25, -0.2) is 4.68 Å². The first-order chi connectivity index (χ1) is 13.9. The molecule has 0 bridgehead atoms. The van der Waals surface area contributed by atoms with Crippen LogP contribution in [0, 0.1) is 18.4 Å². The summed E-state index contributed by atoms with van der Waals surface area (Å²) in [5.41, 5.74) is 8.45. The zero-order valence-corrected chi connectivity index (χ0v) is 20.5. The van der Waals surface area contributed by atoms with Gasteiger partial charge in [-0.3, -0.25) is 10.2 Å². The molecule has 6 nitrogen and oxygen atoms in total. The summed E-state index contributed by atoms with van der Waals surface area (Å²) in [7, 11) is 0. The third-order valence-electron chi connectivity index (χ3n) is 4.47. The van der Waals surface area contributed by atoms with Gasteiger partial charge in [-0.15, -0.1) is 6.07 Å². The molecule has 0 saturated heterocycles. The molecule has 0 atom stereocenters. The smallest absolute Gasteiger partial charge is 0.272 e. The number of rotatable bonds is 4. The predicted molar refractivity (Wildman–Crippen MR) is 118 cm³/mol. The summed E-state index contributed by atoms with van der Waals surface area (Å²) in [6.45, 7) is 1.85. The molecule has 0 radical (unpaired) electrons. The van der Waals surface area contributed by atoms with Gasteiger partial charge in [0.1, 0.15) is 5.69 Å². The van der Waals surface area contributed by atoms with Gasteiger partial charge in [-0.05, 0) is 48.0 Å². The average molecular weight is 631 g/mol. The van der Waals surface area contributed by atoms with Gasteiger partial charge in [0.05, 0.1) is 17.2 Å². The van der Waals surface area contributed by atoms with Crippen LogP contribution in [-0.2, 0) is 21.1 Å². The molecular weight excluding hydrogens is 614 g/mol. The Morgan fingerprint density at radius 2 is 1.87 bits per heavy atom. The number of carbonyl (C=O) groups is 1. The molecule has 0 aliphatic heterocycles. The zero-order chi connectivity index (χ0) is 20.5. The Bertz CT molecular complexity index is 1250. The maximum absolute atomic E-state index is 12.9. The van der Waals surface area contributed by atoms with Crippen LogP contribution in [0.15, 0.2) is 65.1 Å². The summed E-state index contributed by atoms with van der Waals surface area (Å²) in [6.07, 6.45) is 0. The molecule has 150 valence electrons. The van der Waals surface area contributed by atoms with E-state index >= 15 is 0 Å². The molecular formula is C22H17BrN5OW-. The van der Waals surface area contributed by atoms with Crippen molar-refractivity contribution in [2.75, 3.05) is 5.32 Å². The maximum Gasteiger partial charge on any atom is 0.272 e. The second-order valence-electron chi connectivity index (χ2n) is 6.62. The third-order valence-corrected chi connectivity index (χ3v) is 4.96. The Labute approximate surface area is 196 Å². The van der Waals surface area contributed by atoms with Gasteiger partial charge in [0.2, 0.25) is 0 Å². The molecule has 8 heteroatoms. The van der Waals surface area contributed by atoms with Crippen LogP contribution in [0.2, 0.25) is 0 Å². The van der Waals surface area contributed by atoms with Crippen molar-refractivity contribution in [3.63, 3.8) is 0 Å². The SMILES string of the molecule is Cc1cc(C(=O)Nc2[c-]cc(C(=N)N)cc2)n(-c2ccc3cc(Br)ccc3c2)n1.[W]. The molecule has 1 aromatic heterocycles. The number of nitrogens with one attached hydrogen (secondary N) is 2. The van der Waals surface area contributed by atoms with Crippen molar-refractivity contribution in [3.05, 3.63) is 88.2 Å². The van der Waals surface area contributed by atoms with E-state index in [-0.39, 0.29) is 32.8 Å². The normalized spacial score (nSPS) is 10.5. The van der Waals surface area contributed by atoms with E-state index in [9.17, 15) is 4.79 Å². The number of aryl methyl sites for hydroxylation is 1. The van der Waals surface area contributed by atoms with Crippen LogP contribution in [0.25, 0.3) is 16.5 Å². The fourth-order valence-electron chi connectivity index (χ4n) is 3.05. The van der Waals surface area contributed by atoms with Crippen molar-refractivity contribution in [3.8, 4) is 5.69 Å². The second-order valence-corrected chi connectivity index (χ2v) is 7.53. The van der Waals surface area contributed by atoms with E-state index in [4.69, 9.17) is 11.1 Å². The van der Waals surface area contributed by atoms with Gasteiger partial charge in [0.25, 0.3) is 5.91 Å². The van der Waals surface area contributed by atoms with Crippen molar-refractivity contribution >= 4 is 44.1 Å². The number of amidine groups is 1. The van der Waals surface area contributed by atoms with Crippen LogP contribution in [0.3, 0.4) is 0 Å². The maximum atomic E-state index is 12.9. The third kappa shape index (κ3) is 4.53. The molecule has 0 aliphatic rings. The number of hydrogen-bond donors (Lipinski definition) is 3. The first-order valence-electron chi connectivity index (χ1n) is 8.84. The first-order valence-corrected chi connectivity index (χ1v) is 9.64. The summed E-state index contributed by atoms with van der Waals surface area (Å²) in [4.78, 5) is 12.9. The van der Waals surface area contributed by atoms with Crippen LogP contribution in [0.5, 0.6) is 0 Å². The number of fused-ring (bicyclic) bond motifs is 1. The quantitative estimate of drug-likeness (QED) is 0.177. The Morgan fingerprint density at radius 3 is 2.57 bits per heavy atom. The van der Waals surface area contributed by atoms with Gasteiger partial charge in [-0.2, -0.15) is 23.3 Å². The number of halogens is 1. The number of amides is 1. The van der Waals surface area contributed by atoms with Crippen LogP contribution < -0.4 is 11.1 Å². The summed E-state index contributed by atoms with van der Waals surface area (Å²) in [5.74, 6) is -0.343. The standard InChI is InChI=1S/C22H17BrN5O.W/c1-13-10-20(22(29)26-18-7-3-14(4-8-18)21(24)25)28(27-13)19-9-5-15-11-17(23)6-2-16(15)12-19;/h2-7,9-12H,1H3,(H3,24,25)(H,26,29);/q-1;. The molecule has 0 saturated carbocycles. The topological polar surface area (TPSA) is 96.8 Å². The fourth-order valence-corrected chi connectivity index (χ4v) is 3.43. The van der Waals surface area contributed by atoms with Gasteiger partial charge >= 0.3 is 0 Å². The number of nitrogens with two attached hydrogens (primary N) is 1. The minimum atomic E-state index is -0.298. The second kappa shape index (κ2) is 8.94. The molecule has 4 rings (SSSR count). The molecule has 1 heterocycles. The molecule has 0 aliphatic carbocycles. The van der Waals surface area contributed by atoms with Crippen LogP contribution in [-0.4, -0.2) is 21.5 Å². The minimum Gasteiger partial charge on any atom is -0.394 e. The van der Waals surface area contributed by atoms with E-state index in [1.54, 1.807) is 28.9 Å². The van der Waals surface area contributed by atoms with Gasteiger partial charge < -0.3 is 11.1 Å². The van der Waals surface area contributed by atoms with Crippen molar-refractivity contribution in [2.45, 2.75) is 6.92 Å². The summed E-state index contributed by atoms with van der Waals surface area (Å²) >= 11 is 3.48. The van der Waals surface area contributed by atoms with E-state index in [1.165, 1.54) is 0 Å². The van der Waals surface area contributed by atoms with E-state index in [0.717, 1.165) is 26.6 Å². The van der Waals surface area contributed by atoms with Gasteiger partial charge in [-0.1, -0.05) is 39.3 Å². The average Bonchev–Trinajstić information content (AvgIpc) is 3.10. The number of benzene rings is 3. The number of anilines is 1. The van der Waals surface area contributed by atoms with Gasteiger partial charge in [0, 0.05) is 25.5 Å². The molecule has 30 heavy (non-hydrogen) atoms. The summed E-state index contributed by atoms with van der Waals surface area (Å²) < 4.78 is 2.65. The molecule has 0 unspecified atom stereocenters. The molecule has 0 spiro atoms. The fraction of sp³-hybridized carbons (Fsp3) is 0.0455. The van der Waals surface area contributed by atoms with Crippen LogP contribution >= 0.6 is 15.9 Å². The Kier molecular flexibility index (Phi) is 6.54. The van der Waals surface area contributed by atoms with Crippen LogP contribution in [0.4, 0.5) is 5.69 Å². The van der Waals surface area contributed by atoms with E-state index in [1.807, 2.05) is 43.3 Å². The minimum absolute atomic E-state index is 0. The predicted octanol–water partition coefficient (Wildman–Crippen LogP) is 4.43. The molecule has 0 fully saturated rings. The van der Waals surface area contributed by atoms with Crippen molar-refractivity contribution < 1.29 is 25.9 Å². The van der Waals surface area contributed by atoms with Crippen molar-refractivity contribution in [1.29, 1.82) is 5.41 Å². The largest absolute Gasteiger partial charge is 0.394 e. The number of carbonyl (C=O) groups excluding carboxylic acids is 1. The van der Waals surface area contributed by atoms with Crippen LogP contribution in [0.1, 0.15) is 21.7 Å². The Morgan fingerprint density at radius 1 is 1.13 bits per heavy atom. The number of hydrogen-bond acceptors (Lipinski definition) is 3. The number of nitrogens with zero attached hydrogens (tertiary/aromatic N) is 2. The molecule has 4 N–H and O–H groups in total. The summed E-state index contributed by atoms with van der Waals surface area (Å²) in [6, 6.07) is 21.5. The van der Waals surface area contributed by atoms with Crippen molar-refractivity contribution in [2.24, 2.45) is 5.73 Å². The van der Waals surface area contributed by atoms with E-state index < -0.39 is 0 Å². The van der Waals surface area contributed by atoms with Gasteiger partial charge in [0.15, 0.2) is 0 Å². The van der Waals surface area contributed by atoms with Crippen molar-refractivity contribution in [1.82, 2.24) is 9.78 Å². The summed E-state index contributed by atoms with van der Waals surface area (Å²) in [5, 5.41) is 16.9. The Balaban J connectivity index is 0.00000256. The molecule has 4 aromatic rings. The Hall–Kier alpha value is -2.76.